The molecule has 0 amide bonds. The summed E-state index contributed by atoms with van der Waals surface area (Å²) >= 11 is 11.9. The molecule has 2 aromatic rings. The minimum Gasteiger partial charge on any atom is -0.508 e. The van der Waals surface area contributed by atoms with Crippen molar-refractivity contribution in [3.05, 3.63) is 63.6 Å². The maximum Gasteiger partial charge on any atom is 0.115 e. The summed E-state index contributed by atoms with van der Waals surface area (Å²) in [5, 5.41) is 23.7. The van der Waals surface area contributed by atoms with Crippen molar-refractivity contribution in [2.75, 3.05) is 6.54 Å². The maximum atomic E-state index is 10.0. The number of aliphatic hydroxyl groups excluding tert-OH is 1. The first-order valence-corrected chi connectivity index (χ1v) is 6.93. The molecule has 0 saturated carbocycles. The van der Waals surface area contributed by atoms with Gasteiger partial charge in [-0.3, -0.25) is 0 Å². The molecule has 2 rings (SSSR count). The van der Waals surface area contributed by atoms with Crippen molar-refractivity contribution >= 4 is 23.2 Å². The van der Waals surface area contributed by atoms with Crippen LogP contribution in [0.25, 0.3) is 0 Å². The number of phenols is 1. The van der Waals surface area contributed by atoms with Gasteiger partial charge in [-0.2, -0.15) is 0 Å². The van der Waals surface area contributed by atoms with E-state index in [4.69, 9.17) is 23.2 Å². The number of nitrogens with one attached hydrogen (secondary N) is 1. The Labute approximate surface area is 127 Å². The Hall–Kier alpha value is -1.26. The van der Waals surface area contributed by atoms with Gasteiger partial charge in [0.2, 0.25) is 0 Å². The zero-order valence-electron chi connectivity index (χ0n) is 10.7. The minimum absolute atomic E-state index is 0.141. The van der Waals surface area contributed by atoms with E-state index in [1.807, 2.05) is 6.07 Å². The molecule has 0 saturated heterocycles. The van der Waals surface area contributed by atoms with Crippen LogP contribution in [0.5, 0.6) is 5.75 Å². The molecule has 0 aliphatic heterocycles. The van der Waals surface area contributed by atoms with Crippen molar-refractivity contribution in [3.8, 4) is 5.75 Å². The predicted molar refractivity (Wildman–Crippen MR) is 81.2 cm³/mol. The van der Waals surface area contributed by atoms with Crippen molar-refractivity contribution in [1.82, 2.24) is 5.32 Å². The van der Waals surface area contributed by atoms with Gasteiger partial charge in [0.05, 0.1) is 6.10 Å². The average Bonchev–Trinajstić information content (AvgIpc) is 2.41. The van der Waals surface area contributed by atoms with Crippen LogP contribution in [0.1, 0.15) is 17.2 Å². The molecule has 0 aromatic heterocycles. The molecule has 0 aliphatic rings. The third-order valence-electron chi connectivity index (χ3n) is 2.92. The van der Waals surface area contributed by atoms with E-state index in [1.54, 1.807) is 36.4 Å². The monoisotopic (exact) mass is 311 g/mol. The fraction of sp³-hybridized carbons (Fsp3) is 0.200. The molecule has 0 bridgehead atoms. The van der Waals surface area contributed by atoms with Crippen molar-refractivity contribution in [2.45, 2.75) is 12.6 Å². The lowest BCUT2D eigenvalue weighted by molar-refractivity contribution is 0.174. The minimum atomic E-state index is -0.687. The largest absolute Gasteiger partial charge is 0.508 e. The summed E-state index contributed by atoms with van der Waals surface area (Å²) in [7, 11) is 0. The van der Waals surface area contributed by atoms with Gasteiger partial charge < -0.3 is 15.5 Å². The summed E-state index contributed by atoms with van der Waals surface area (Å²) in [4.78, 5) is 0. The number of hydrogen-bond acceptors (Lipinski definition) is 3. The van der Waals surface area contributed by atoms with E-state index >= 15 is 0 Å². The Morgan fingerprint density at radius 1 is 1.10 bits per heavy atom. The lowest BCUT2D eigenvalue weighted by atomic mass is 10.1. The number of halogens is 2. The van der Waals surface area contributed by atoms with E-state index in [0.717, 1.165) is 5.56 Å². The fourth-order valence-corrected chi connectivity index (χ4v) is 2.33. The Bertz CT molecular complexity index is 590. The van der Waals surface area contributed by atoms with E-state index in [1.165, 1.54) is 0 Å². The van der Waals surface area contributed by atoms with Crippen LogP contribution >= 0.6 is 23.2 Å². The van der Waals surface area contributed by atoms with Crippen LogP contribution in [-0.2, 0) is 6.54 Å². The third-order valence-corrected chi connectivity index (χ3v) is 3.51. The first-order chi connectivity index (χ1) is 9.56. The molecule has 0 fully saturated rings. The van der Waals surface area contributed by atoms with Gasteiger partial charge in [0.1, 0.15) is 5.75 Å². The smallest absolute Gasteiger partial charge is 0.115 e. The molecular weight excluding hydrogens is 297 g/mol. The van der Waals surface area contributed by atoms with Crippen LogP contribution in [0.4, 0.5) is 0 Å². The number of hydrogen-bond donors (Lipinski definition) is 3. The molecule has 20 heavy (non-hydrogen) atoms. The molecule has 0 aliphatic carbocycles. The second-order valence-corrected chi connectivity index (χ2v) is 5.32. The van der Waals surface area contributed by atoms with Crippen molar-refractivity contribution < 1.29 is 10.2 Å². The van der Waals surface area contributed by atoms with E-state index in [-0.39, 0.29) is 5.75 Å². The molecule has 1 unspecified atom stereocenters. The summed E-state index contributed by atoms with van der Waals surface area (Å²) in [5.41, 5.74) is 1.58. The molecule has 3 N–H and O–H groups in total. The third kappa shape index (κ3) is 4.12. The van der Waals surface area contributed by atoms with Gasteiger partial charge in [-0.15, -0.1) is 0 Å². The van der Waals surface area contributed by atoms with Crippen molar-refractivity contribution in [1.29, 1.82) is 0 Å². The summed E-state index contributed by atoms with van der Waals surface area (Å²) in [6, 6.07) is 11.9. The number of benzene rings is 2. The number of rotatable bonds is 5. The van der Waals surface area contributed by atoms with Crippen LogP contribution in [0, 0.1) is 0 Å². The maximum absolute atomic E-state index is 10.0. The van der Waals surface area contributed by atoms with Crippen LogP contribution in [-0.4, -0.2) is 16.8 Å². The quantitative estimate of drug-likeness (QED) is 0.792. The van der Waals surface area contributed by atoms with Crippen LogP contribution < -0.4 is 5.32 Å². The van der Waals surface area contributed by atoms with Crippen molar-refractivity contribution in [3.63, 3.8) is 0 Å². The average molecular weight is 312 g/mol. The Morgan fingerprint density at radius 3 is 2.60 bits per heavy atom. The predicted octanol–water partition coefficient (Wildman–Crippen LogP) is 3.52. The molecular formula is C15H15Cl2NO2. The van der Waals surface area contributed by atoms with Crippen LogP contribution in [0.2, 0.25) is 10.0 Å². The Balaban J connectivity index is 1.89. The molecule has 106 valence electrons. The van der Waals surface area contributed by atoms with Gasteiger partial charge in [0.15, 0.2) is 0 Å². The molecule has 3 nitrogen and oxygen atoms in total. The number of phenolic OH excluding ortho intramolecular Hbond substituents is 1. The molecule has 2 aromatic carbocycles. The SMILES string of the molecule is Oc1cccc(C(O)CNCc2ccc(Cl)cc2Cl)c1. The summed E-state index contributed by atoms with van der Waals surface area (Å²) in [6.07, 6.45) is -0.687. The van der Waals surface area contributed by atoms with Gasteiger partial charge in [0, 0.05) is 23.1 Å². The summed E-state index contributed by atoms with van der Waals surface area (Å²) in [5.74, 6) is 0.141. The van der Waals surface area contributed by atoms with Crippen LogP contribution in [0.15, 0.2) is 42.5 Å². The molecule has 1 atom stereocenters. The van der Waals surface area contributed by atoms with Gasteiger partial charge in [-0.05, 0) is 35.4 Å². The highest BCUT2D eigenvalue weighted by Crippen LogP contribution is 2.21. The second kappa shape index (κ2) is 6.95. The Kier molecular flexibility index (Phi) is 5.26. The van der Waals surface area contributed by atoms with Gasteiger partial charge >= 0.3 is 0 Å². The van der Waals surface area contributed by atoms with E-state index in [9.17, 15) is 10.2 Å². The first kappa shape index (κ1) is 15.1. The summed E-state index contributed by atoms with van der Waals surface area (Å²) < 4.78 is 0. The lowest BCUT2D eigenvalue weighted by Crippen LogP contribution is -2.21. The number of aliphatic hydroxyl groups is 1. The molecule has 5 heteroatoms. The van der Waals surface area contributed by atoms with E-state index in [2.05, 4.69) is 5.32 Å². The highest BCUT2D eigenvalue weighted by molar-refractivity contribution is 6.35. The highest BCUT2D eigenvalue weighted by Gasteiger charge is 2.08. The fourth-order valence-electron chi connectivity index (χ4n) is 1.86. The second-order valence-electron chi connectivity index (χ2n) is 4.48. The van der Waals surface area contributed by atoms with Crippen LogP contribution in [0.3, 0.4) is 0 Å². The molecule has 0 spiro atoms. The molecule has 0 heterocycles. The van der Waals surface area contributed by atoms with E-state index in [0.29, 0.717) is 28.7 Å². The van der Waals surface area contributed by atoms with E-state index < -0.39 is 6.10 Å². The normalized spacial score (nSPS) is 12.3. The van der Waals surface area contributed by atoms with Gasteiger partial charge in [-0.1, -0.05) is 41.4 Å². The zero-order valence-corrected chi connectivity index (χ0v) is 12.2. The van der Waals surface area contributed by atoms with Crippen molar-refractivity contribution in [2.24, 2.45) is 0 Å². The summed E-state index contributed by atoms with van der Waals surface area (Å²) in [6.45, 7) is 0.897. The van der Waals surface area contributed by atoms with Gasteiger partial charge in [-0.25, -0.2) is 0 Å². The topological polar surface area (TPSA) is 52.5 Å². The number of aromatic hydroxyl groups is 1. The molecule has 0 radical (unpaired) electrons. The Morgan fingerprint density at radius 2 is 1.90 bits per heavy atom. The highest BCUT2D eigenvalue weighted by atomic mass is 35.5. The first-order valence-electron chi connectivity index (χ1n) is 6.18. The van der Waals surface area contributed by atoms with Gasteiger partial charge in [0.25, 0.3) is 0 Å². The standard InChI is InChI=1S/C15H15Cl2NO2/c16-12-5-4-11(14(17)7-12)8-18-9-15(20)10-2-1-3-13(19)6-10/h1-7,15,18-20H,8-9H2. The lowest BCUT2D eigenvalue weighted by Gasteiger charge is -2.13. The zero-order chi connectivity index (χ0) is 14.5.